The predicted molar refractivity (Wildman–Crippen MR) is 79.7 cm³/mol. The molecular weight excluding hydrogens is 341 g/mol. The van der Waals surface area contributed by atoms with Gasteiger partial charge in [0.1, 0.15) is 6.04 Å². The van der Waals surface area contributed by atoms with Gasteiger partial charge in [-0.05, 0) is 31.0 Å². The summed E-state index contributed by atoms with van der Waals surface area (Å²) in [5.41, 5.74) is -0.985. The van der Waals surface area contributed by atoms with Gasteiger partial charge in [-0.25, -0.2) is 4.79 Å². The molecule has 25 heavy (non-hydrogen) atoms. The number of aliphatic hydroxyl groups excluding tert-OH is 1. The van der Waals surface area contributed by atoms with Gasteiger partial charge in [0.15, 0.2) is 6.10 Å². The Morgan fingerprint density at radius 2 is 1.88 bits per heavy atom. The van der Waals surface area contributed by atoms with Crippen LogP contribution in [-0.4, -0.2) is 30.1 Å². The maximum absolute atomic E-state index is 12.5. The van der Waals surface area contributed by atoms with Crippen molar-refractivity contribution in [1.82, 2.24) is 5.32 Å². The normalized spacial score (nSPS) is 14.8. The van der Waals surface area contributed by atoms with E-state index in [0.29, 0.717) is 0 Å². The largest absolute Gasteiger partial charge is 0.467 e. The van der Waals surface area contributed by atoms with Crippen LogP contribution in [0.5, 0.6) is 0 Å². The molecule has 0 saturated carbocycles. The number of nitriles is 1. The van der Waals surface area contributed by atoms with Crippen molar-refractivity contribution in [3.8, 4) is 6.07 Å². The molecule has 6 nitrogen and oxygen atoms in total. The van der Waals surface area contributed by atoms with Crippen LogP contribution in [0.1, 0.15) is 30.6 Å². The minimum Gasteiger partial charge on any atom is -0.467 e. The minimum absolute atomic E-state index is 0.0331. The van der Waals surface area contributed by atoms with E-state index in [4.69, 9.17) is 5.26 Å². The second-order valence-electron chi connectivity index (χ2n) is 5.37. The first-order chi connectivity index (χ1) is 11.6. The zero-order chi connectivity index (χ0) is 19.2. The van der Waals surface area contributed by atoms with Crippen molar-refractivity contribution >= 4 is 11.9 Å². The number of hydrogen-bond donors (Lipinski definition) is 2. The standard InChI is InChI=1S/C16H17F3N2O4/c1-9(8-20)7-12(15(24)25-2)21-14(23)13(22)10-3-5-11(6-4-10)16(17,18)19/h3-6,9,12-13,22H,7H2,1-2H3,(H,21,23)/t9-,12+,13-/m0/s1. The second-order valence-corrected chi connectivity index (χ2v) is 5.37. The molecular formula is C16H17F3N2O4. The number of hydrogen-bond acceptors (Lipinski definition) is 5. The van der Waals surface area contributed by atoms with Gasteiger partial charge in [-0.3, -0.25) is 4.79 Å². The van der Waals surface area contributed by atoms with E-state index in [2.05, 4.69) is 10.1 Å². The van der Waals surface area contributed by atoms with Crippen LogP contribution in [0.25, 0.3) is 0 Å². The van der Waals surface area contributed by atoms with Crippen LogP contribution in [0.4, 0.5) is 13.2 Å². The Labute approximate surface area is 142 Å². The summed E-state index contributed by atoms with van der Waals surface area (Å²) in [6.07, 6.45) is -6.34. The number of halogens is 3. The molecule has 0 saturated heterocycles. The van der Waals surface area contributed by atoms with Crippen molar-refractivity contribution in [2.24, 2.45) is 5.92 Å². The molecule has 0 heterocycles. The molecule has 1 rings (SSSR count). The number of nitrogens with zero attached hydrogens (tertiary/aromatic N) is 1. The van der Waals surface area contributed by atoms with E-state index in [9.17, 15) is 27.9 Å². The van der Waals surface area contributed by atoms with Gasteiger partial charge in [-0.15, -0.1) is 0 Å². The van der Waals surface area contributed by atoms with Crippen LogP contribution >= 0.6 is 0 Å². The number of carbonyl (C=O) groups excluding carboxylic acids is 2. The van der Waals surface area contributed by atoms with Crippen LogP contribution < -0.4 is 5.32 Å². The Morgan fingerprint density at radius 3 is 2.32 bits per heavy atom. The molecule has 0 bridgehead atoms. The monoisotopic (exact) mass is 358 g/mol. The number of methoxy groups -OCH3 is 1. The number of benzene rings is 1. The van der Waals surface area contributed by atoms with Gasteiger partial charge in [0.05, 0.1) is 18.7 Å². The molecule has 0 spiro atoms. The summed E-state index contributed by atoms with van der Waals surface area (Å²) in [6, 6.07) is 4.16. The summed E-state index contributed by atoms with van der Waals surface area (Å²) >= 11 is 0. The molecule has 9 heteroatoms. The van der Waals surface area contributed by atoms with E-state index in [1.165, 1.54) is 6.92 Å². The number of amides is 1. The molecule has 1 aromatic rings. The highest BCUT2D eigenvalue weighted by molar-refractivity contribution is 5.87. The van der Waals surface area contributed by atoms with Gasteiger partial charge in [-0.2, -0.15) is 18.4 Å². The smallest absolute Gasteiger partial charge is 0.416 e. The van der Waals surface area contributed by atoms with Crippen LogP contribution in [0.2, 0.25) is 0 Å². The third-order valence-electron chi connectivity index (χ3n) is 3.41. The quantitative estimate of drug-likeness (QED) is 0.757. The molecule has 0 aliphatic heterocycles. The molecule has 0 aliphatic carbocycles. The maximum Gasteiger partial charge on any atom is 0.416 e. The van der Waals surface area contributed by atoms with Crippen molar-refractivity contribution in [2.45, 2.75) is 31.7 Å². The van der Waals surface area contributed by atoms with E-state index < -0.39 is 41.7 Å². The second kappa shape index (κ2) is 8.48. The van der Waals surface area contributed by atoms with Crippen molar-refractivity contribution in [3.63, 3.8) is 0 Å². The SMILES string of the molecule is COC(=O)[C@@H](C[C@H](C)C#N)NC(=O)[C@@H](O)c1ccc(C(F)(F)F)cc1. The average Bonchev–Trinajstić information content (AvgIpc) is 2.58. The third-order valence-corrected chi connectivity index (χ3v) is 3.41. The van der Waals surface area contributed by atoms with Crippen molar-refractivity contribution in [1.29, 1.82) is 5.26 Å². The molecule has 1 aromatic carbocycles. The lowest BCUT2D eigenvalue weighted by Gasteiger charge is -2.20. The van der Waals surface area contributed by atoms with Gasteiger partial charge >= 0.3 is 12.1 Å². The van der Waals surface area contributed by atoms with Crippen LogP contribution in [0.3, 0.4) is 0 Å². The van der Waals surface area contributed by atoms with Crippen LogP contribution in [-0.2, 0) is 20.5 Å². The number of carbonyl (C=O) groups is 2. The lowest BCUT2D eigenvalue weighted by molar-refractivity contribution is -0.146. The summed E-state index contributed by atoms with van der Waals surface area (Å²) in [6.45, 7) is 1.54. The number of aliphatic hydroxyl groups is 1. The lowest BCUT2D eigenvalue weighted by atomic mass is 10.0. The van der Waals surface area contributed by atoms with Crippen molar-refractivity contribution in [3.05, 3.63) is 35.4 Å². The van der Waals surface area contributed by atoms with E-state index in [1.807, 2.05) is 6.07 Å². The molecule has 2 N–H and O–H groups in total. The highest BCUT2D eigenvalue weighted by atomic mass is 19.4. The first kappa shape index (κ1) is 20.4. The first-order valence-electron chi connectivity index (χ1n) is 7.23. The highest BCUT2D eigenvalue weighted by Gasteiger charge is 2.31. The van der Waals surface area contributed by atoms with Crippen LogP contribution in [0.15, 0.2) is 24.3 Å². The van der Waals surface area contributed by atoms with E-state index >= 15 is 0 Å². The fourth-order valence-electron chi connectivity index (χ4n) is 2.02. The molecule has 3 atom stereocenters. The minimum atomic E-state index is -4.53. The maximum atomic E-state index is 12.5. The number of rotatable bonds is 6. The average molecular weight is 358 g/mol. The van der Waals surface area contributed by atoms with Gasteiger partial charge in [0.2, 0.25) is 0 Å². The summed E-state index contributed by atoms with van der Waals surface area (Å²) in [7, 11) is 1.10. The summed E-state index contributed by atoms with van der Waals surface area (Å²) in [4.78, 5) is 23.7. The Bertz CT molecular complexity index is 653. The molecule has 0 radical (unpaired) electrons. The molecule has 0 unspecified atom stereocenters. The molecule has 0 aliphatic rings. The number of esters is 1. The van der Waals surface area contributed by atoms with E-state index in [1.54, 1.807) is 0 Å². The molecule has 0 aromatic heterocycles. The van der Waals surface area contributed by atoms with Crippen molar-refractivity contribution in [2.75, 3.05) is 7.11 Å². The van der Waals surface area contributed by atoms with E-state index in [0.717, 1.165) is 31.4 Å². The predicted octanol–water partition coefficient (Wildman–Crippen LogP) is 1.95. The van der Waals surface area contributed by atoms with Crippen LogP contribution in [0, 0.1) is 17.2 Å². The first-order valence-corrected chi connectivity index (χ1v) is 7.23. The lowest BCUT2D eigenvalue weighted by Crippen LogP contribution is -2.44. The van der Waals surface area contributed by atoms with E-state index in [-0.39, 0.29) is 12.0 Å². The van der Waals surface area contributed by atoms with Gasteiger partial charge in [0.25, 0.3) is 5.91 Å². The number of alkyl halides is 3. The Hall–Kier alpha value is -2.60. The Balaban J connectivity index is 2.86. The molecule has 0 fully saturated rings. The fourth-order valence-corrected chi connectivity index (χ4v) is 2.02. The molecule has 136 valence electrons. The van der Waals surface area contributed by atoms with Gasteiger partial charge in [0, 0.05) is 5.92 Å². The van der Waals surface area contributed by atoms with Gasteiger partial charge < -0.3 is 15.2 Å². The Morgan fingerprint density at radius 1 is 1.32 bits per heavy atom. The summed E-state index contributed by atoms with van der Waals surface area (Å²) in [5.74, 6) is -2.34. The fraction of sp³-hybridized carbons (Fsp3) is 0.438. The zero-order valence-electron chi connectivity index (χ0n) is 13.5. The van der Waals surface area contributed by atoms with Crippen molar-refractivity contribution < 1.29 is 32.6 Å². The topological polar surface area (TPSA) is 99.4 Å². The zero-order valence-corrected chi connectivity index (χ0v) is 13.5. The summed E-state index contributed by atoms with van der Waals surface area (Å²) in [5, 5.41) is 21.0. The highest BCUT2D eigenvalue weighted by Crippen LogP contribution is 2.30. The van der Waals surface area contributed by atoms with Gasteiger partial charge in [-0.1, -0.05) is 12.1 Å². The number of nitrogens with one attached hydrogen (secondary N) is 1. The molecule has 1 amide bonds. The number of ether oxygens (including phenoxy) is 1. The third kappa shape index (κ3) is 5.76. The summed E-state index contributed by atoms with van der Waals surface area (Å²) < 4.78 is 42.1. The Kier molecular flexibility index (Phi) is 6.94.